The van der Waals surface area contributed by atoms with Crippen LogP contribution in [0.4, 0.5) is 0 Å². The van der Waals surface area contributed by atoms with E-state index in [9.17, 15) is 0 Å². The summed E-state index contributed by atoms with van der Waals surface area (Å²) in [6.45, 7) is 7.61. The van der Waals surface area contributed by atoms with Crippen LogP contribution >= 0.6 is 0 Å². The Balaban J connectivity index is 1.45. The third-order valence-corrected chi connectivity index (χ3v) is 5.35. The van der Waals surface area contributed by atoms with Gasteiger partial charge in [-0.1, -0.05) is 24.6 Å². The zero-order valence-electron chi connectivity index (χ0n) is 14.0. The van der Waals surface area contributed by atoms with Crippen LogP contribution in [0.25, 0.3) is 0 Å². The van der Waals surface area contributed by atoms with Crippen molar-refractivity contribution in [1.82, 2.24) is 9.80 Å². The number of benzene rings is 1. The van der Waals surface area contributed by atoms with Crippen LogP contribution in [0.1, 0.15) is 43.6 Å². The molecule has 122 valence electrons. The van der Waals surface area contributed by atoms with Gasteiger partial charge in [-0.25, -0.2) is 0 Å². The quantitative estimate of drug-likeness (QED) is 0.829. The Hall–Kier alpha value is -1.06. The number of nitrogens with zero attached hydrogens (tertiary/aromatic N) is 2. The minimum absolute atomic E-state index is 0.669. The fraction of sp³-hybridized carbons (Fsp3) is 0.684. The van der Waals surface area contributed by atoms with Gasteiger partial charge in [-0.15, -0.1) is 0 Å². The predicted molar refractivity (Wildman–Crippen MR) is 91.7 cm³/mol. The average molecular weight is 302 g/mol. The van der Waals surface area contributed by atoms with Crippen LogP contribution in [0, 0.1) is 0 Å². The van der Waals surface area contributed by atoms with Gasteiger partial charge in [0.2, 0.25) is 0 Å². The third kappa shape index (κ3) is 4.02. The summed E-state index contributed by atoms with van der Waals surface area (Å²) in [5, 5.41) is 0. The molecular weight excluding hydrogens is 272 g/mol. The number of hydrogen-bond donors (Lipinski definition) is 0. The lowest BCUT2D eigenvalue weighted by molar-refractivity contribution is 0.159. The van der Waals surface area contributed by atoms with E-state index in [1.54, 1.807) is 7.11 Å². The normalized spacial score (nSPS) is 21.9. The van der Waals surface area contributed by atoms with Crippen LogP contribution in [0.2, 0.25) is 0 Å². The van der Waals surface area contributed by atoms with E-state index in [1.807, 2.05) is 0 Å². The first-order chi connectivity index (χ1) is 10.9. The summed E-state index contributed by atoms with van der Waals surface area (Å²) in [7, 11) is 1.78. The van der Waals surface area contributed by atoms with Crippen molar-refractivity contribution in [2.24, 2.45) is 0 Å². The number of ether oxygens (including phenoxy) is 1. The Bertz CT molecular complexity index is 449. The van der Waals surface area contributed by atoms with Gasteiger partial charge in [-0.05, 0) is 69.4 Å². The molecule has 0 saturated carbocycles. The van der Waals surface area contributed by atoms with E-state index in [4.69, 9.17) is 4.74 Å². The first kappa shape index (κ1) is 15.8. The molecular formula is C19H30N2O. The summed E-state index contributed by atoms with van der Waals surface area (Å²) in [5.74, 6) is 1.73. The van der Waals surface area contributed by atoms with Crippen LogP contribution in [0.3, 0.4) is 0 Å². The Kier molecular flexibility index (Phi) is 5.74. The molecule has 1 aromatic carbocycles. The van der Waals surface area contributed by atoms with Crippen LogP contribution in [0.5, 0.6) is 5.75 Å². The van der Waals surface area contributed by atoms with Gasteiger partial charge < -0.3 is 14.5 Å². The SMILES string of the molecule is COc1ccccc1C1CCN(CCN2CCCCC2)CC1. The van der Waals surface area contributed by atoms with Gasteiger partial charge in [0.05, 0.1) is 7.11 Å². The second kappa shape index (κ2) is 7.98. The molecule has 0 bridgehead atoms. The van der Waals surface area contributed by atoms with Crippen LogP contribution in [0.15, 0.2) is 24.3 Å². The highest BCUT2D eigenvalue weighted by Gasteiger charge is 2.23. The van der Waals surface area contributed by atoms with E-state index in [1.165, 1.54) is 76.9 Å². The summed E-state index contributed by atoms with van der Waals surface area (Å²) >= 11 is 0. The maximum Gasteiger partial charge on any atom is 0.122 e. The number of methoxy groups -OCH3 is 1. The Morgan fingerprint density at radius 2 is 1.55 bits per heavy atom. The molecule has 0 unspecified atom stereocenters. The largest absolute Gasteiger partial charge is 0.496 e. The van der Waals surface area contributed by atoms with Gasteiger partial charge in [-0.3, -0.25) is 0 Å². The van der Waals surface area contributed by atoms with Gasteiger partial charge in [-0.2, -0.15) is 0 Å². The summed E-state index contributed by atoms with van der Waals surface area (Å²) in [6.07, 6.45) is 6.76. The standard InChI is InChI=1S/C19H30N2O/c1-22-19-8-4-3-7-18(19)17-9-13-21(14-10-17)16-15-20-11-5-2-6-12-20/h3-4,7-8,17H,2,5-6,9-16H2,1H3. The van der Waals surface area contributed by atoms with Crippen molar-refractivity contribution >= 4 is 0 Å². The molecule has 0 aromatic heterocycles. The second-order valence-corrected chi connectivity index (χ2v) is 6.76. The fourth-order valence-electron chi connectivity index (χ4n) is 3.94. The Morgan fingerprint density at radius 1 is 0.909 bits per heavy atom. The maximum absolute atomic E-state index is 5.53. The molecule has 0 amide bonds. The maximum atomic E-state index is 5.53. The molecule has 3 nitrogen and oxygen atoms in total. The highest BCUT2D eigenvalue weighted by atomic mass is 16.5. The zero-order valence-corrected chi connectivity index (χ0v) is 14.0. The molecule has 2 saturated heterocycles. The van der Waals surface area contributed by atoms with E-state index in [2.05, 4.69) is 34.1 Å². The van der Waals surface area contributed by atoms with Crippen molar-refractivity contribution in [2.45, 2.75) is 38.0 Å². The molecule has 2 aliphatic rings. The molecule has 0 atom stereocenters. The number of rotatable bonds is 5. The first-order valence-electron chi connectivity index (χ1n) is 8.94. The van der Waals surface area contributed by atoms with Crippen molar-refractivity contribution in [2.75, 3.05) is 46.4 Å². The predicted octanol–water partition coefficient (Wildman–Crippen LogP) is 3.36. The summed E-state index contributed by atoms with van der Waals surface area (Å²) in [6, 6.07) is 8.54. The average Bonchev–Trinajstić information content (AvgIpc) is 2.61. The lowest BCUT2D eigenvalue weighted by Crippen LogP contribution is -2.40. The van der Waals surface area contributed by atoms with E-state index in [-0.39, 0.29) is 0 Å². The van der Waals surface area contributed by atoms with E-state index in [0.29, 0.717) is 5.92 Å². The molecule has 3 rings (SSSR count). The van der Waals surface area contributed by atoms with Crippen LogP contribution in [-0.2, 0) is 0 Å². The van der Waals surface area contributed by atoms with Crippen molar-refractivity contribution in [3.05, 3.63) is 29.8 Å². The van der Waals surface area contributed by atoms with Gasteiger partial charge >= 0.3 is 0 Å². The lowest BCUT2D eigenvalue weighted by atomic mass is 9.89. The molecule has 2 aliphatic heterocycles. The number of hydrogen-bond acceptors (Lipinski definition) is 3. The number of para-hydroxylation sites is 1. The van der Waals surface area contributed by atoms with Crippen molar-refractivity contribution in [3.8, 4) is 5.75 Å². The number of likely N-dealkylation sites (tertiary alicyclic amines) is 2. The van der Waals surface area contributed by atoms with Gasteiger partial charge in [0.1, 0.15) is 5.75 Å². The van der Waals surface area contributed by atoms with Crippen molar-refractivity contribution < 1.29 is 4.74 Å². The molecule has 2 fully saturated rings. The molecule has 0 aliphatic carbocycles. The smallest absolute Gasteiger partial charge is 0.122 e. The molecule has 2 heterocycles. The number of piperidine rings is 2. The van der Waals surface area contributed by atoms with Crippen molar-refractivity contribution in [1.29, 1.82) is 0 Å². The van der Waals surface area contributed by atoms with Crippen molar-refractivity contribution in [3.63, 3.8) is 0 Å². The Labute approximate surface area is 135 Å². The monoisotopic (exact) mass is 302 g/mol. The molecule has 0 N–H and O–H groups in total. The molecule has 0 radical (unpaired) electrons. The second-order valence-electron chi connectivity index (χ2n) is 6.76. The molecule has 0 spiro atoms. The third-order valence-electron chi connectivity index (χ3n) is 5.35. The topological polar surface area (TPSA) is 15.7 Å². The highest BCUT2D eigenvalue weighted by Crippen LogP contribution is 2.33. The van der Waals surface area contributed by atoms with Crippen LogP contribution < -0.4 is 4.74 Å². The summed E-state index contributed by atoms with van der Waals surface area (Å²) < 4.78 is 5.53. The Morgan fingerprint density at radius 3 is 2.23 bits per heavy atom. The van der Waals surface area contributed by atoms with Crippen LogP contribution in [-0.4, -0.2) is 56.2 Å². The van der Waals surface area contributed by atoms with E-state index >= 15 is 0 Å². The van der Waals surface area contributed by atoms with Gasteiger partial charge in [0, 0.05) is 13.1 Å². The summed E-state index contributed by atoms with van der Waals surface area (Å²) in [5.41, 5.74) is 1.40. The molecule has 3 heteroatoms. The molecule has 1 aromatic rings. The fourth-order valence-corrected chi connectivity index (χ4v) is 3.94. The minimum atomic E-state index is 0.669. The first-order valence-corrected chi connectivity index (χ1v) is 8.94. The van der Waals surface area contributed by atoms with E-state index in [0.717, 1.165) is 5.75 Å². The molecule has 22 heavy (non-hydrogen) atoms. The van der Waals surface area contributed by atoms with Gasteiger partial charge in [0.25, 0.3) is 0 Å². The lowest BCUT2D eigenvalue weighted by Gasteiger charge is -2.35. The summed E-state index contributed by atoms with van der Waals surface area (Å²) in [4.78, 5) is 5.30. The highest BCUT2D eigenvalue weighted by molar-refractivity contribution is 5.36. The zero-order chi connectivity index (χ0) is 15.2. The van der Waals surface area contributed by atoms with Gasteiger partial charge in [0.15, 0.2) is 0 Å². The van der Waals surface area contributed by atoms with E-state index < -0.39 is 0 Å². The minimum Gasteiger partial charge on any atom is -0.496 e.